The number of nitrogens with one attached hydrogen (secondary N) is 2. The van der Waals surface area contributed by atoms with Gasteiger partial charge in [-0.05, 0) is 42.5 Å². The van der Waals surface area contributed by atoms with Gasteiger partial charge in [-0.2, -0.15) is 0 Å². The number of hydrogen-bond donors (Lipinski definition) is 2. The lowest BCUT2D eigenvalue weighted by molar-refractivity contribution is -0.113. The first-order valence-electron chi connectivity index (χ1n) is 8.40. The summed E-state index contributed by atoms with van der Waals surface area (Å²) in [5.41, 5.74) is 1.44. The molecule has 6 nitrogen and oxygen atoms in total. The average Bonchev–Trinajstić information content (AvgIpc) is 3.36. The molecule has 2 heterocycles. The second-order valence-corrected chi connectivity index (χ2v) is 7.86. The van der Waals surface area contributed by atoms with Gasteiger partial charge in [-0.3, -0.25) is 14.9 Å². The zero-order valence-electron chi connectivity index (χ0n) is 14.5. The Labute approximate surface area is 169 Å². The van der Waals surface area contributed by atoms with Crippen LogP contribution in [0.15, 0.2) is 76.2 Å². The molecule has 0 aliphatic carbocycles. The molecule has 2 aromatic carbocycles. The molecule has 0 saturated carbocycles. The summed E-state index contributed by atoms with van der Waals surface area (Å²) in [7, 11) is 0. The summed E-state index contributed by atoms with van der Waals surface area (Å²) in [5.74, 6) is 0.123. The van der Waals surface area contributed by atoms with Crippen LogP contribution in [0, 0.1) is 0 Å². The van der Waals surface area contributed by atoms with E-state index in [0.29, 0.717) is 16.6 Å². The Kier molecular flexibility index (Phi) is 5.41. The van der Waals surface area contributed by atoms with Crippen LogP contribution in [-0.4, -0.2) is 22.6 Å². The van der Waals surface area contributed by atoms with Crippen molar-refractivity contribution in [2.24, 2.45) is 0 Å². The molecule has 0 saturated heterocycles. The lowest BCUT2D eigenvalue weighted by Gasteiger charge is -2.05. The molecule has 0 radical (unpaired) electrons. The van der Waals surface area contributed by atoms with Crippen LogP contribution in [-0.2, 0) is 4.79 Å². The second-order valence-electron chi connectivity index (χ2n) is 5.78. The maximum atomic E-state index is 12.2. The molecule has 2 amide bonds. The normalized spacial score (nSPS) is 10.7. The lowest BCUT2D eigenvalue weighted by atomic mass is 10.3. The van der Waals surface area contributed by atoms with Crippen molar-refractivity contribution in [3.05, 3.63) is 72.7 Å². The highest BCUT2D eigenvalue weighted by Crippen LogP contribution is 2.29. The minimum absolute atomic E-state index is 0.0796. The molecule has 8 heteroatoms. The van der Waals surface area contributed by atoms with Gasteiger partial charge in [-0.15, -0.1) is 11.8 Å². The van der Waals surface area contributed by atoms with E-state index in [4.69, 9.17) is 4.42 Å². The van der Waals surface area contributed by atoms with Crippen LogP contribution in [0.4, 0.5) is 10.8 Å². The highest BCUT2D eigenvalue weighted by molar-refractivity contribution is 8.00. The summed E-state index contributed by atoms with van der Waals surface area (Å²) in [5, 5.41) is 6.08. The molecule has 0 spiro atoms. The third-order valence-electron chi connectivity index (χ3n) is 3.75. The Morgan fingerprint density at radius 1 is 1.04 bits per heavy atom. The Hall–Kier alpha value is -3.10. The SMILES string of the molecule is O=C(CSc1ccccc1)Nc1ccc2nc(NC(=O)c3ccco3)sc2c1. The van der Waals surface area contributed by atoms with Crippen LogP contribution in [0.5, 0.6) is 0 Å². The molecule has 2 aromatic heterocycles. The van der Waals surface area contributed by atoms with Gasteiger partial charge in [0.25, 0.3) is 5.91 Å². The Morgan fingerprint density at radius 2 is 1.89 bits per heavy atom. The molecular weight excluding hydrogens is 394 g/mol. The molecule has 28 heavy (non-hydrogen) atoms. The molecule has 0 bridgehead atoms. The van der Waals surface area contributed by atoms with Gasteiger partial charge in [0.05, 0.1) is 22.2 Å². The van der Waals surface area contributed by atoms with Gasteiger partial charge >= 0.3 is 0 Å². The van der Waals surface area contributed by atoms with Crippen LogP contribution in [0.2, 0.25) is 0 Å². The summed E-state index contributed by atoms with van der Waals surface area (Å²) in [6, 6.07) is 18.5. The fraction of sp³-hybridized carbons (Fsp3) is 0.0500. The van der Waals surface area contributed by atoms with Gasteiger partial charge in [0.1, 0.15) is 0 Å². The predicted molar refractivity (Wildman–Crippen MR) is 112 cm³/mol. The molecule has 140 valence electrons. The fourth-order valence-corrected chi connectivity index (χ4v) is 4.10. The van der Waals surface area contributed by atoms with E-state index in [1.807, 2.05) is 42.5 Å². The number of aromatic nitrogens is 1. The van der Waals surface area contributed by atoms with Crippen molar-refractivity contribution in [1.82, 2.24) is 4.98 Å². The molecule has 2 N–H and O–H groups in total. The van der Waals surface area contributed by atoms with E-state index < -0.39 is 0 Å². The van der Waals surface area contributed by atoms with Crippen LogP contribution >= 0.6 is 23.1 Å². The zero-order valence-corrected chi connectivity index (χ0v) is 16.2. The number of carbonyl (C=O) groups is 2. The number of rotatable bonds is 6. The second kappa shape index (κ2) is 8.28. The van der Waals surface area contributed by atoms with Gasteiger partial charge in [0.15, 0.2) is 10.9 Å². The van der Waals surface area contributed by atoms with Crippen molar-refractivity contribution in [3.63, 3.8) is 0 Å². The molecule has 4 aromatic rings. The van der Waals surface area contributed by atoms with Crippen molar-refractivity contribution in [3.8, 4) is 0 Å². The fourth-order valence-electron chi connectivity index (χ4n) is 2.48. The van der Waals surface area contributed by atoms with Gasteiger partial charge in [-0.25, -0.2) is 4.98 Å². The Balaban J connectivity index is 1.40. The van der Waals surface area contributed by atoms with E-state index >= 15 is 0 Å². The maximum absolute atomic E-state index is 12.2. The summed E-state index contributed by atoms with van der Waals surface area (Å²) in [6.07, 6.45) is 1.44. The minimum Gasteiger partial charge on any atom is -0.459 e. The third kappa shape index (κ3) is 4.41. The van der Waals surface area contributed by atoms with Gasteiger partial charge in [0.2, 0.25) is 5.91 Å². The van der Waals surface area contributed by atoms with E-state index in [1.165, 1.54) is 29.4 Å². The number of amides is 2. The molecule has 0 aliphatic rings. The molecule has 0 aliphatic heterocycles. The number of carbonyl (C=O) groups excluding carboxylic acids is 2. The van der Waals surface area contributed by atoms with Crippen molar-refractivity contribution < 1.29 is 14.0 Å². The van der Waals surface area contributed by atoms with E-state index in [1.54, 1.807) is 18.2 Å². The lowest BCUT2D eigenvalue weighted by Crippen LogP contribution is -2.13. The Morgan fingerprint density at radius 3 is 2.68 bits per heavy atom. The van der Waals surface area contributed by atoms with E-state index in [9.17, 15) is 9.59 Å². The van der Waals surface area contributed by atoms with E-state index in [2.05, 4.69) is 15.6 Å². The zero-order chi connectivity index (χ0) is 19.3. The van der Waals surface area contributed by atoms with Crippen LogP contribution in [0.3, 0.4) is 0 Å². The number of thiazole rings is 1. The quantitative estimate of drug-likeness (QED) is 0.444. The third-order valence-corrected chi connectivity index (χ3v) is 5.70. The monoisotopic (exact) mass is 409 g/mol. The molecule has 0 unspecified atom stereocenters. The molecule has 0 fully saturated rings. The molecule has 4 rings (SSSR count). The summed E-state index contributed by atoms with van der Waals surface area (Å²) in [6.45, 7) is 0. The number of fused-ring (bicyclic) bond motifs is 1. The maximum Gasteiger partial charge on any atom is 0.293 e. The number of nitrogens with zero attached hydrogens (tertiary/aromatic N) is 1. The average molecular weight is 409 g/mol. The summed E-state index contributed by atoms with van der Waals surface area (Å²) >= 11 is 2.82. The first-order valence-corrected chi connectivity index (χ1v) is 10.2. The smallest absolute Gasteiger partial charge is 0.293 e. The Bertz CT molecular complexity index is 1110. The highest BCUT2D eigenvalue weighted by atomic mass is 32.2. The van der Waals surface area contributed by atoms with Crippen molar-refractivity contribution in [2.75, 3.05) is 16.4 Å². The van der Waals surface area contributed by atoms with E-state index in [-0.39, 0.29) is 17.6 Å². The van der Waals surface area contributed by atoms with Crippen molar-refractivity contribution in [2.45, 2.75) is 4.90 Å². The first-order chi connectivity index (χ1) is 13.7. The summed E-state index contributed by atoms with van der Waals surface area (Å²) < 4.78 is 5.94. The number of thioether (sulfide) groups is 1. The largest absolute Gasteiger partial charge is 0.459 e. The number of anilines is 2. The standard InChI is InChI=1S/C20H15N3O3S2/c24-18(12-27-14-5-2-1-3-6-14)21-13-8-9-15-17(11-13)28-20(22-15)23-19(25)16-7-4-10-26-16/h1-11H,12H2,(H,21,24)(H,22,23,25). The van der Waals surface area contributed by atoms with Crippen LogP contribution in [0.25, 0.3) is 10.2 Å². The van der Waals surface area contributed by atoms with Crippen molar-refractivity contribution in [1.29, 1.82) is 0 Å². The number of hydrogen-bond acceptors (Lipinski definition) is 6. The van der Waals surface area contributed by atoms with Gasteiger partial charge < -0.3 is 9.73 Å². The molecular formula is C20H15N3O3S2. The van der Waals surface area contributed by atoms with Crippen molar-refractivity contribution >= 4 is 55.9 Å². The molecule has 0 atom stereocenters. The van der Waals surface area contributed by atoms with Crippen LogP contribution < -0.4 is 10.6 Å². The first kappa shape index (κ1) is 18.3. The summed E-state index contributed by atoms with van der Waals surface area (Å²) in [4.78, 5) is 29.7. The van der Waals surface area contributed by atoms with Gasteiger partial charge in [0, 0.05) is 10.6 Å². The van der Waals surface area contributed by atoms with E-state index in [0.717, 1.165) is 15.1 Å². The predicted octanol–water partition coefficient (Wildman–Crippen LogP) is 4.87. The number of benzene rings is 2. The highest BCUT2D eigenvalue weighted by Gasteiger charge is 2.12. The topological polar surface area (TPSA) is 84.2 Å². The number of furan rings is 1. The van der Waals surface area contributed by atoms with Crippen LogP contribution in [0.1, 0.15) is 10.6 Å². The van der Waals surface area contributed by atoms with Gasteiger partial charge in [-0.1, -0.05) is 29.5 Å². The minimum atomic E-state index is -0.351.